The molecular weight excluding hydrogens is 268 g/mol. The van der Waals surface area contributed by atoms with Crippen molar-refractivity contribution in [2.45, 2.75) is 18.6 Å². The molecule has 1 saturated heterocycles. The van der Waals surface area contributed by atoms with E-state index >= 15 is 0 Å². The van der Waals surface area contributed by atoms with E-state index in [1.165, 1.54) is 5.56 Å². The zero-order valence-corrected chi connectivity index (χ0v) is 10.4. The van der Waals surface area contributed by atoms with Crippen LogP contribution in [0.5, 0.6) is 0 Å². The minimum absolute atomic E-state index is 0.269. The minimum Gasteiger partial charge on any atom is -0.474 e. The SMILES string of the molecule is Brc1ccc(CC2=NC3CNCC3O2)cc1. The van der Waals surface area contributed by atoms with E-state index in [4.69, 9.17) is 4.74 Å². The van der Waals surface area contributed by atoms with Gasteiger partial charge in [0.05, 0.1) is 0 Å². The Hall–Kier alpha value is -0.870. The highest BCUT2D eigenvalue weighted by Gasteiger charge is 2.34. The third-order valence-corrected chi connectivity index (χ3v) is 3.52. The second-order valence-electron chi connectivity index (χ2n) is 4.21. The van der Waals surface area contributed by atoms with Gasteiger partial charge < -0.3 is 10.1 Å². The molecule has 0 saturated carbocycles. The van der Waals surface area contributed by atoms with Crippen molar-refractivity contribution in [3.8, 4) is 0 Å². The number of hydrogen-bond donors (Lipinski definition) is 1. The summed E-state index contributed by atoms with van der Waals surface area (Å²) in [6, 6.07) is 8.64. The Morgan fingerprint density at radius 2 is 2.12 bits per heavy atom. The van der Waals surface area contributed by atoms with E-state index in [0.717, 1.165) is 29.9 Å². The van der Waals surface area contributed by atoms with Crippen molar-refractivity contribution in [1.82, 2.24) is 5.32 Å². The van der Waals surface area contributed by atoms with Crippen molar-refractivity contribution in [3.05, 3.63) is 34.3 Å². The summed E-state index contributed by atoms with van der Waals surface area (Å²) in [6.07, 6.45) is 1.07. The smallest absolute Gasteiger partial charge is 0.188 e. The zero-order chi connectivity index (χ0) is 11.0. The molecule has 0 amide bonds. The molecule has 16 heavy (non-hydrogen) atoms. The molecule has 1 N–H and O–H groups in total. The summed E-state index contributed by atoms with van der Waals surface area (Å²) in [7, 11) is 0. The van der Waals surface area contributed by atoms with E-state index in [1.54, 1.807) is 0 Å². The maximum absolute atomic E-state index is 5.80. The van der Waals surface area contributed by atoms with Gasteiger partial charge in [-0.05, 0) is 17.7 Å². The first-order valence-corrected chi connectivity index (χ1v) is 6.29. The summed E-state index contributed by atoms with van der Waals surface area (Å²) < 4.78 is 6.90. The molecule has 0 radical (unpaired) electrons. The number of nitrogens with zero attached hydrogens (tertiary/aromatic N) is 1. The molecule has 2 aliphatic heterocycles. The van der Waals surface area contributed by atoms with Crippen LogP contribution in [-0.4, -0.2) is 31.1 Å². The molecule has 2 heterocycles. The molecule has 1 aromatic carbocycles. The summed E-state index contributed by atoms with van der Waals surface area (Å²) in [5, 5.41) is 3.28. The lowest BCUT2D eigenvalue weighted by Gasteiger charge is -2.07. The van der Waals surface area contributed by atoms with Crippen molar-refractivity contribution in [2.75, 3.05) is 13.1 Å². The normalized spacial score (nSPS) is 27.4. The minimum atomic E-state index is 0.269. The van der Waals surface area contributed by atoms with Gasteiger partial charge in [0.2, 0.25) is 0 Å². The van der Waals surface area contributed by atoms with E-state index in [2.05, 4.69) is 38.4 Å². The summed E-state index contributed by atoms with van der Waals surface area (Å²) in [5.41, 5.74) is 1.25. The van der Waals surface area contributed by atoms with Crippen LogP contribution < -0.4 is 5.32 Å². The first kappa shape index (κ1) is 10.3. The lowest BCUT2D eigenvalue weighted by atomic mass is 10.1. The number of rotatable bonds is 2. The predicted octanol–water partition coefficient (Wildman–Crippen LogP) is 1.76. The Morgan fingerprint density at radius 3 is 2.88 bits per heavy atom. The number of nitrogens with one attached hydrogen (secondary N) is 1. The van der Waals surface area contributed by atoms with Gasteiger partial charge in [0.15, 0.2) is 5.90 Å². The number of ether oxygens (including phenoxy) is 1. The maximum Gasteiger partial charge on any atom is 0.188 e. The van der Waals surface area contributed by atoms with Gasteiger partial charge >= 0.3 is 0 Å². The zero-order valence-electron chi connectivity index (χ0n) is 8.82. The van der Waals surface area contributed by atoms with Crippen molar-refractivity contribution >= 4 is 21.8 Å². The molecule has 84 valence electrons. The molecule has 2 aliphatic rings. The van der Waals surface area contributed by atoms with Crippen LogP contribution in [0.2, 0.25) is 0 Å². The van der Waals surface area contributed by atoms with Crippen LogP contribution in [0.15, 0.2) is 33.7 Å². The van der Waals surface area contributed by atoms with Gasteiger partial charge in [0.1, 0.15) is 12.1 Å². The summed E-state index contributed by atoms with van der Waals surface area (Å²) in [4.78, 5) is 4.59. The second-order valence-corrected chi connectivity index (χ2v) is 5.12. The molecule has 2 unspecified atom stereocenters. The molecule has 0 spiro atoms. The van der Waals surface area contributed by atoms with Gasteiger partial charge in [-0.25, -0.2) is 4.99 Å². The average molecular weight is 281 g/mol. The number of benzene rings is 1. The Labute approximate surface area is 103 Å². The third-order valence-electron chi connectivity index (χ3n) is 2.99. The fraction of sp³-hybridized carbons (Fsp3) is 0.417. The molecule has 3 nitrogen and oxygen atoms in total. The number of fused-ring (bicyclic) bond motifs is 1. The monoisotopic (exact) mass is 280 g/mol. The molecule has 0 aromatic heterocycles. The van der Waals surface area contributed by atoms with E-state index in [-0.39, 0.29) is 6.10 Å². The van der Waals surface area contributed by atoms with Gasteiger partial charge in [-0.15, -0.1) is 0 Å². The van der Waals surface area contributed by atoms with Gasteiger partial charge in [-0.1, -0.05) is 28.1 Å². The molecule has 4 heteroatoms. The topological polar surface area (TPSA) is 33.6 Å². The fourth-order valence-corrected chi connectivity index (χ4v) is 2.41. The quantitative estimate of drug-likeness (QED) is 0.896. The Morgan fingerprint density at radius 1 is 1.31 bits per heavy atom. The Bertz CT molecular complexity index is 416. The van der Waals surface area contributed by atoms with Crippen LogP contribution in [0, 0.1) is 0 Å². The standard InChI is InChI=1S/C12H13BrN2O/c13-9-3-1-8(2-4-9)5-12-15-10-6-14-7-11(10)16-12/h1-4,10-11,14H,5-7H2. The lowest BCUT2D eigenvalue weighted by Crippen LogP contribution is -2.20. The van der Waals surface area contributed by atoms with Gasteiger partial charge in [-0.3, -0.25) is 0 Å². The van der Waals surface area contributed by atoms with Crippen molar-refractivity contribution in [2.24, 2.45) is 4.99 Å². The van der Waals surface area contributed by atoms with Crippen LogP contribution in [-0.2, 0) is 11.2 Å². The molecule has 0 aliphatic carbocycles. The third kappa shape index (κ3) is 1.99. The van der Waals surface area contributed by atoms with Gasteiger partial charge in [0, 0.05) is 24.0 Å². The maximum atomic E-state index is 5.80. The highest BCUT2D eigenvalue weighted by Crippen LogP contribution is 2.19. The predicted molar refractivity (Wildman–Crippen MR) is 66.8 cm³/mol. The second kappa shape index (κ2) is 4.18. The molecule has 1 fully saturated rings. The average Bonchev–Trinajstić information content (AvgIpc) is 2.81. The Balaban J connectivity index is 1.69. The first-order chi connectivity index (χ1) is 7.81. The molecular formula is C12H13BrN2O. The summed E-state index contributed by atoms with van der Waals surface area (Å²) in [6.45, 7) is 1.88. The number of halogens is 1. The largest absolute Gasteiger partial charge is 0.474 e. The summed E-state index contributed by atoms with van der Waals surface area (Å²) >= 11 is 3.43. The molecule has 2 atom stereocenters. The van der Waals surface area contributed by atoms with Crippen molar-refractivity contribution in [1.29, 1.82) is 0 Å². The van der Waals surface area contributed by atoms with Crippen molar-refractivity contribution in [3.63, 3.8) is 0 Å². The highest BCUT2D eigenvalue weighted by molar-refractivity contribution is 9.10. The molecule has 1 aromatic rings. The lowest BCUT2D eigenvalue weighted by molar-refractivity contribution is 0.220. The van der Waals surface area contributed by atoms with Crippen LogP contribution in [0.25, 0.3) is 0 Å². The van der Waals surface area contributed by atoms with Gasteiger partial charge in [-0.2, -0.15) is 0 Å². The molecule has 0 bridgehead atoms. The fourth-order valence-electron chi connectivity index (χ4n) is 2.14. The van der Waals surface area contributed by atoms with Crippen LogP contribution in [0.1, 0.15) is 5.56 Å². The highest BCUT2D eigenvalue weighted by atomic mass is 79.9. The Kier molecular flexibility index (Phi) is 2.69. The molecule has 3 rings (SSSR count). The van der Waals surface area contributed by atoms with Gasteiger partial charge in [0.25, 0.3) is 0 Å². The summed E-state index contributed by atoms with van der Waals surface area (Å²) in [5.74, 6) is 0.888. The number of aliphatic imine (C=N–C) groups is 1. The van der Waals surface area contributed by atoms with Crippen molar-refractivity contribution < 1.29 is 4.74 Å². The van der Waals surface area contributed by atoms with E-state index < -0.39 is 0 Å². The van der Waals surface area contributed by atoms with Crippen LogP contribution >= 0.6 is 15.9 Å². The van der Waals surface area contributed by atoms with Crippen LogP contribution in [0.4, 0.5) is 0 Å². The van der Waals surface area contributed by atoms with E-state index in [0.29, 0.717) is 6.04 Å². The van der Waals surface area contributed by atoms with E-state index in [9.17, 15) is 0 Å². The number of hydrogen-bond acceptors (Lipinski definition) is 3. The van der Waals surface area contributed by atoms with Crippen LogP contribution in [0.3, 0.4) is 0 Å². The van der Waals surface area contributed by atoms with E-state index in [1.807, 2.05) is 12.1 Å². The first-order valence-electron chi connectivity index (χ1n) is 5.50.